The fourth-order valence-corrected chi connectivity index (χ4v) is 3.47. The Kier molecular flexibility index (Phi) is 7.11. The number of benzene rings is 1. The molecule has 0 amide bonds. The van der Waals surface area contributed by atoms with Crippen molar-refractivity contribution in [2.24, 2.45) is 7.05 Å². The van der Waals surface area contributed by atoms with E-state index in [1.807, 2.05) is 40.8 Å². The zero-order valence-electron chi connectivity index (χ0n) is 17.0. The van der Waals surface area contributed by atoms with Crippen LogP contribution >= 0.6 is 0 Å². The van der Waals surface area contributed by atoms with Crippen molar-refractivity contribution in [2.45, 2.75) is 37.9 Å². The van der Waals surface area contributed by atoms with Crippen LogP contribution in [0.1, 0.15) is 35.8 Å². The first-order valence-electron chi connectivity index (χ1n) is 9.90. The van der Waals surface area contributed by atoms with Crippen LogP contribution in [0.15, 0.2) is 48.8 Å². The van der Waals surface area contributed by atoms with E-state index in [9.17, 15) is 13.2 Å². The Morgan fingerprint density at radius 3 is 2.61 bits per heavy atom. The van der Waals surface area contributed by atoms with Crippen LogP contribution in [-0.4, -0.2) is 43.4 Å². The highest BCUT2D eigenvalue weighted by Gasteiger charge is 2.38. The third kappa shape index (κ3) is 6.17. The summed E-state index contributed by atoms with van der Waals surface area (Å²) in [5, 5.41) is 20.0. The monoisotopic (exact) mass is 435 g/mol. The zero-order chi connectivity index (χ0) is 22.4. The number of hydrogen-bond donors (Lipinski definition) is 2. The molecule has 0 fully saturated rings. The molecule has 10 heteroatoms. The Labute approximate surface area is 177 Å². The molecule has 2 heterocycles. The Bertz CT molecular complexity index is 998. The van der Waals surface area contributed by atoms with Crippen LogP contribution in [-0.2, 0) is 24.7 Å². The van der Waals surface area contributed by atoms with Crippen LogP contribution in [0.2, 0.25) is 0 Å². The van der Waals surface area contributed by atoms with Gasteiger partial charge in [0, 0.05) is 44.0 Å². The minimum Gasteiger partial charge on any atom is -0.475 e. The first-order valence-corrected chi connectivity index (χ1v) is 9.90. The first kappa shape index (κ1) is 22.5. The number of hydrogen-bond acceptors (Lipinski definition) is 4. The second-order valence-electron chi connectivity index (χ2n) is 7.24. The number of alkyl halides is 3. The molecule has 0 aliphatic heterocycles. The van der Waals surface area contributed by atoms with Gasteiger partial charge in [0.1, 0.15) is 0 Å². The summed E-state index contributed by atoms with van der Waals surface area (Å²) in [5.74, 6) is -2.76. The summed E-state index contributed by atoms with van der Waals surface area (Å²) in [6, 6.07) is 12.8. The van der Waals surface area contributed by atoms with Gasteiger partial charge in [-0.15, -0.1) is 0 Å². The van der Waals surface area contributed by atoms with Gasteiger partial charge in [-0.2, -0.15) is 23.4 Å². The van der Waals surface area contributed by atoms with Crippen molar-refractivity contribution in [3.63, 3.8) is 0 Å². The van der Waals surface area contributed by atoms with Crippen LogP contribution in [0.25, 0.3) is 5.69 Å². The minimum absolute atomic E-state index is 0.429. The molecule has 4 rings (SSSR count). The van der Waals surface area contributed by atoms with Gasteiger partial charge in [-0.05, 0) is 37.5 Å². The molecule has 0 spiro atoms. The Balaban J connectivity index is 0.000000339. The van der Waals surface area contributed by atoms with E-state index in [2.05, 4.69) is 39.9 Å². The maximum absolute atomic E-state index is 10.6. The fraction of sp³-hybridized carbons (Fsp3) is 0.381. The van der Waals surface area contributed by atoms with Crippen LogP contribution in [0.3, 0.4) is 0 Å². The fourth-order valence-electron chi connectivity index (χ4n) is 3.47. The van der Waals surface area contributed by atoms with Crippen molar-refractivity contribution in [3.05, 3.63) is 65.7 Å². The molecule has 0 saturated carbocycles. The second-order valence-corrected chi connectivity index (χ2v) is 7.24. The van der Waals surface area contributed by atoms with Crippen molar-refractivity contribution in [1.82, 2.24) is 24.9 Å². The lowest BCUT2D eigenvalue weighted by Crippen LogP contribution is -2.26. The summed E-state index contributed by atoms with van der Waals surface area (Å²) in [6.45, 7) is 0.935. The first-order chi connectivity index (χ1) is 14.7. The summed E-state index contributed by atoms with van der Waals surface area (Å²) in [7, 11) is 2.01. The van der Waals surface area contributed by atoms with Crippen LogP contribution in [0.5, 0.6) is 0 Å². The van der Waals surface area contributed by atoms with E-state index in [1.54, 1.807) is 0 Å². The largest absolute Gasteiger partial charge is 0.490 e. The Morgan fingerprint density at radius 1 is 1.23 bits per heavy atom. The smallest absolute Gasteiger partial charge is 0.475 e. The van der Waals surface area contributed by atoms with Crippen molar-refractivity contribution in [1.29, 1.82) is 0 Å². The number of carbonyl (C=O) groups is 1. The Hall–Kier alpha value is -3.14. The number of carboxylic acids is 1. The molecular weight excluding hydrogens is 411 g/mol. The molecule has 1 atom stereocenters. The number of carboxylic acid groups (broad SMARTS) is 1. The third-order valence-electron chi connectivity index (χ3n) is 4.90. The molecular formula is C21H24F3N5O2. The van der Waals surface area contributed by atoms with E-state index in [-0.39, 0.29) is 0 Å². The predicted octanol–water partition coefficient (Wildman–Crippen LogP) is 3.45. The van der Waals surface area contributed by atoms with Gasteiger partial charge in [-0.1, -0.05) is 18.2 Å². The summed E-state index contributed by atoms with van der Waals surface area (Å²) in [5.41, 5.74) is 4.85. The predicted molar refractivity (Wildman–Crippen MR) is 108 cm³/mol. The molecule has 1 aliphatic carbocycles. The number of halogens is 3. The quantitative estimate of drug-likeness (QED) is 0.641. The standard InChI is InChI=1S/C19H23N5.C2HF3O2/c1-23-14-17-18(8-5-9-19(17)22-23)20-12-10-15-11-13-24(21-15)16-6-3-2-4-7-16;3-2(4,5)1(6)7/h2-4,6-7,11,13-14,18,20H,5,8-10,12H2,1H3;(H,6,7). The maximum Gasteiger partial charge on any atom is 0.490 e. The zero-order valence-corrected chi connectivity index (χ0v) is 17.0. The molecule has 2 aromatic heterocycles. The average Bonchev–Trinajstić information content (AvgIpc) is 3.35. The van der Waals surface area contributed by atoms with E-state index in [4.69, 9.17) is 9.90 Å². The van der Waals surface area contributed by atoms with E-state index in [1.165, 1.54) is 24.1 Å². The van der Waals surface area contributed by atoms with Gasteiger partial charge in [-0.3, -0.25) is 4.68 Å². The summed E-state index contributed by atoms with van der Waals surface area (Å²) < 4.78 is 35.6. The van der Waals surface area contributed by atoms with Crippen molar-refractivity contribution < 1.29 is 23.1 Å². The van der Waals surface area contributed by atoms with E-state index in [0.717, 1.165) is 30.8 Å². The Morgan fingerprint density at radius 2 is 1.94 bits per heavy atom. The van der Waals surface area contributed by atoms with Crippen LogP contribution in [0.4, 0.5) is 13.2 Å². The molecule has 0 bridgehead atoms. The number of nitrogens with zero attached hydrogens (tertiary/aromatic N) is 4. The topological polar surface area (TPSA) is 85.0 Å². The van der Waals surface area contributed by atoms with E-state index >= 15 is 0 Å². The highest BCUT2D eigenvalue weighted by molar-refractivity contribution is 5.73. The number of fused-ring (bicyclic) bond motifs is 1. The number of aliphatic carboxylic acids is 1. The minimum atomic E-state index is -5.08. The molecule has 3 aromatic rings. The van der Waals surface area contributed by atoms with Crippen LogP contribution in [0, 0.1) is 0 Å². The highest BCUT2D eigenvalue weighted by atomic mass is 19.4. The lowest BCUT2D eigenvalue weighted by molar-refractivity contribution is -0.192. The molecule has 2 N–H and O–H groups in total. The molecule has 0 saturated heterocycles. The number of aromatic nitrogens is 4. The van der Waals surface area contributed by atoms with Gasteiger partial charge < -0.3 is 10.4 Å². The molecule has 1 aliphatic rings. The molecule has 31 heavy (non-hydrogen) atoms. The van der Waals surface area contributed by atoms with E-state index in [0.29, 0.717) is 6.04 Å². The SMILES string of the molecule is Cn1cc2c(n1)CCCC2NCCc1ccn(-c2ccccc2)n1.O=C(O)C(F)(F)F. The van der Waals surface area contributed by atoms with Gasteiger partial charge in [0.05, 0.1) is 17.1 Å². The number of nitrogens with one attached hydrogen (secondary N) is 1. The highest BCUT2D eigenvalue weighted by Crippen LogP contribution is 2.28. The van der Waals surface area contributed by atoms with Gasteiger partial charge in [0.15, 0.2) is 0 Å². The molecule has 1 aromatic carbocycles. The molecule has 0 radical (unpaired) electrons. The van der Waals surface area contributed by atoms with Crippen molar-refractivity contribution in [2.75, 3.05) is 6.54 Å². The van der Waals surface area contributed by atoms with Crippen molar-refractivity contribution in [3.8, 4) is 5.69 Å². The number of para-hydroxylation sites is 1. The summed E-state index contributed by atoms with van der Waals surface area (Å²) >= 11 is 0. The molecule has 7 nitrogen and oxygen atoms in total. The number of aryl methyl sites for hydroxylation is 2. The third-order valence-corrected chi connectivity index (χ3v) is 4.90. The summed E-state index contributed by atoms with van der Waals surface area (Å²) in [4.78, 5) is 8.90. The second kappa shape index (κ2) is 9.78. The van der Waals surface area contributed by atoms with Crippen molar-refractivity contribution >= 4 is 5.97 Å². The summed E-state index contributed by atoms with van der Waals surface area (Å²) in [6.07, 6.45) is 3.56. The molecule has 1 unspecified atom stereocenters. The normalized spacial score (nSPS) is 15.7. The average molecular weight is 435 g/mol. The lowest BCUT2D eigenvalue weighted by atomic mass is 9.93. The van der Waals surface area contributed by atoms with Gasteiger partial charge in [0.25, 0.3) is 0 Å². The van der Waals surface area contributed by atoms with Gasteiger partial charge in [-0.25, -0.2) is 9.48 Å². The van der Waals surface area contributed by atoms with E-state index < -0.39 is 12.1 Å². The van der Waals surface area contributed by atoms with Gasteiger partial charge >= 0.3 is 12.1 Å². The van der Waals surface area contributed by atoms with Gasteiger partial charge in [0.2, 0.25) is 0 Å². The number of rotatable bonds is 5. The maximum atomic E-state index is 10.6. The van der Waals surface area contributed by atoms with Crippen LogP contribution < -0.4 is 5.32 Å². The lowest BCUT2D eigenvalue weighted by Gasteiger charge is -2.22. The molecule has 166 valence electrons.